The van der Waals surface area contributed by atoms with Gasteiger partial charge in [0.25, 0.3) is 0 Å². The van der Waals surface area contributed by atoms with Gasteiger partial charge in [0.2, 0.25) is 5.91 Å². The largest absolute Gasteiger partial charge is 0.296 e. The van der Waals surface area contributed by atoms with Crippen LogP contribution in [-0.4, -0.2) is 22.4 Å². The maximum absolute atomic E-state index is 12.2. The van der Waals surface area contributed by atoms with Crippen LogP contribution in [0.2, 0.25) is 0 Å². The summed E-state index contributed by atoms with van der Waals surface area (Å²) >= 11 is 0. The minimum Gasteiger partial charge on any atom is -0.296 e. The lowest BCUT2D eigenvalue weighted by Gasteiger charge is -2.29. The van der Waals surface area contributed by atoms with Crippen LogP contribution in [0.3, 0.4) is 0 Å². The molecule has 0 radical (unpaired) electrons. The first-order chi connectivity index (χ1) is 10.6. The Bertz CT molecular complexity index is 707. The van der Waals surface area contributed by atoms with Crippen molar-refractivity contribution in [1.82, 2.24) is 9.97 Å². The average molecular weight is 295 g/mol. The molecule has 0 bridgehead atoms. The molecule has 22 heavy (non-hydrogen) atoms. The van der Waals surface area contributed by atoms with Gasteiger partial charge in [0.15, 0.2) is 5.82 Å². The van der Waals surface area contributed by atoms with Crippen molar-refractivity contribution in [3.63, 3.8) is 0 Å². The normalized spacial score (nSPS) is 14.1. The first-order valence-electron chi connectivity index (χ1n) is 7.85. The number of aromatic nitrogens is 2. The van der Waals surface area contributed by atoms with Crippen molar-refractivity contribution in [1.29, 1.82) is 0 Å². The van der Waals surface area contributed by atoms with E-state index in [2.05, 4.69) is 31.0 Å². The molecule has 0 N–H and O–H groups in total. The van der Waals surface area contributed by atoms with Gasteiger partial charge in [0, 0.05) is 29.8 Å². The van der Waals surface area contributed by atoms with E-state index in [1.807, 2.05) is 24.0 Å². The molecule has 0 saturated carbocycles. The predicted molar refractivity (Wildman–Crippen MR) is 87.9 cm³/mol. The van der Waals surface area contributed by atoms with Gasteiger partial charge in [0.05, 0.1) is 0 Å². The molecule has 0 atom stereocenters. The molecule has 0 spiro atoms. The summed E-state index contributed by atoms with van der Waals surface area (Å²) in [5.41, 5.74) is 4.30. The Morgan fingerprint density at radius 2 is 1.82 bits per heavy atom. The molecule has 0 fully saturated rings. The Kier molecular flexibility index (Phi) is 3.92. The van der Waals surface area contributed by atoms with E-state index in [0.717, 1.165) is 42.0 Å². The van der Waals surface area contributed by atoms with Crippen molar-refractivity contribution in [3.8, 4) is 11.4 Å². The topological polar surface area (TPSA) is 46.1 Å². The first kappa shape index (κ1) is 14.7. The second-order valence-electron chi connectivity index (χ2n) is 5.85. The number of benzene rings is 1. The number of rotatable bonds is 3. The number of carbonyl (C=O) groups excluding carboxylic acids is 1. The summed E-state index contributed by atoms with van der Waals surface area (Å²) < 4.78 is 0. The fraction of sp³-hybridized carbons (Fsp3) is 0.389. The Balaban J connectivity index is 2.10. The standard InChI is InChI=1S/C18H21N3O/c1-4-11-21-16(22)10-9-15-13(3)19-17(20-18(15)21)14-7-5-12(2)6-8-14/h5-8H,4,9-11H2,1-3H3. The first-order valence-corrected chi connectivity index (χ1v) is 7.85. The molecule has 1 amide bonds. The maximum Gasteiger partial charge on any atom is 0.228 e. The van der Waals surface area contributed by atoms with Crippen LogP contribution < -0.4 is 4.90 Å². The van der Waals surface area contributed by atoms with Gasteiger partial charge in [-0.1, -0.05) is 36.8 Å². The summed E-state index contributed by atoms with van der Waals surface area (Å²) in [7, 11) is 0. The minimum atomic E-state index is 0.169. The van der Waals surface area contributed by atoms with Crippen LogP contribution in [0, 0.1) is 13.8 Å². The van der Waals surface area contributed by atoms with Crippen molar-refractivity contribution in [2.45, 2.75) is 40.0 Å². The number of anilines is 1. The van der Waals surface area contributed by atoms with Crippen molar-refractivity contribution < 1.29 is 4.79 Å². The SMILES string of the molecule is CCCN1C(=O)CCc2c(C)nc(-c3ccc(C)cc3)nc21. The van der Waals surface area contributed by atoms with E-state index < -0.39 is 0 Å². The Morgan fingerprint density at radius 3 is 2.50 bits per heavy atom. The molecule has 3 rings (SSSR count). The third kappa shape index (κ3) is 2.61. The molecule has 0 unspecified atom stereocenters. The molecule has 0 aliphatic carbocycles. The highest BCUT2D eigenvalue weighted by Gasteiger charge is 2.27. The fourth-order valence-corrected chi connectivity index (χ4v) is 2.87. The predicted octanol–water partition coefficient (Wildman–Crippen LogP) is 3.45. The Labute approximate surface area is 131 Å². The number of carbonyl (C=O) groups is 1. The second-order valence-corrected chi connectivity index (χ2v) is 5.85. The van der Waals surface area contributed by atoms with Crippen LogP contribution >= 0.6 is 0 Å². The lowest BCUT2D eigenvalue weighted by molar-refractivity contribution is -0.118. The van der Waals surface area contributed by atoms with Gasteiger partial charge >= 0.3 is 0 Å². The van der Waals surface area contributed by atoms with Crippen molar-refractivity contribution >= 4 is 11.7 Å². The maximum atomic E-state index is 12.2. The average Bonchev–Trinajstić information content (AvgIpc) is 2.51. The van der Waals surface area contributed by atoms with Crippen LogP contribution in [0.1, 0.15) is 36.6 Å². The zero-order chi connectivity index (χ0) is 15.7. The van der Waals surface area contributed by atoms with E-state index in [-0.39, 0.29) is 5.91 Å². The highest BCUT2D eigenvalue weighted by Crippen LogP contribution is 2.30. The van der Waals surface area contributed by atoms with E-state index in [4.69, 9.17) is 4.98 Å². The number of hydrogen-bond acceptors (Lipinski definition) is 3. The van der Waals surface area contributed by atoms with Crippen molar-refractivity contribution in [3.05, 3.63) is 41.1 Å². The molecule has 2 aromatic rings. The molecule has 4 heteroatoms. The van der Waals surface area contributed by atoms with Gasteiger partial charge in [-0.05, 0) is 26.7 Å². The zero-order valence-electron chi connectivity index (χ0n) is 13.4. The highest BCUT2D eigenvalue weighted by molar-refractivity contribution is 5.95. The molecule has 4 nitrogen and oxygen atoms in total. The van der Waals surface area contributed by atoms with Gasteiger partial charge < -0.3 is 0 Å². The molecule has 1 aliphatic rings. The van der Waals surface area contributed by atoms with Crippen molar-refractivity contribution in [2.24, 2.45) is 0 Å². The summed E-state index contributed by atoms with van der Waals surface area (Å²) in [6, 6.07) is 8.18. The van der Waals surface area contributed by atoms with Gasteiger partial charge in [-0.2, -0.15) is 0 Å². The summed E-state index contributed by atoms with van der Waals surface area (Å²) in [4.78, 5) is 23.4. The van der Waals surface area contributed by atoms with Crippen LogP contribution in [0.4, 0.5) is 5.82 Å². The van der Waals surface area contributed by atoms with E-state index in [9.17, 15) is 4.79 Å². The third-order valence-electron chi connectivity index (χ3n) is 4.09. The monoisotopic (exact) mass is 295 g/mol. The highest BCUT2D eigenvalue weighted by atomic mass is 16.2. The zero-order valence-corrected chi connectivity index (χ0v) is 13.4. The molecule has 2 heterocycles. The number of nitrogens with zero attached hydrogens (tertiary/aromatic N) is 3. The second kappa shape index (κ2) is 5.87. The lowest BCUT2D eigenvalue weighted by atomic mass is 10.0. The van der Waals surface area contributed by atoms with Crippen molar-refractivity contribution in [2.75, 3.05) is 11.4 Å². The quantitative estimate of drug-likeness (QED) is 0.871. The summed E-state index contributed by atoms with van der Waals surface area (Å²) in [5.74, 6) is 1.68. The summed E-state index contributed by atoms with van der Waals surface area (Å²) in [5, 5.41) is 0. The number of fused-ring (bicyclic) bond motifs is 1. The summed E-state index contributed by atoms with van der Waals surface area (Å²) in [6.45, 7) is 6.87. The number of amides is 1. The smallest absolute Gasteiger partial charge is 0.228 e. The van der Waals surface area contributed by atoms with Crippen LogP contribution in [0.25, 0.3) is 11.4 Å². The molecular weight excluding hydrogens is 274 g/mol. The fourth-order valence-electron chi connectivity index (χ4n) is 2.87. The lowest BCUT2D eigenvalue weighted by Crippen LogP contribution is -2.37. The summed E-state index contributed by atoms with van der Waals surface area (Å²) in [6.07, 6.45) is 2.23. The van der Waals surface area contributed by atoms with Gasteiger partial charge in [-0.3, -0.25) is 9.69 Å². The van der Waals surface area contributed by atoms with E-state index in [0.29, 0.717) is 12.2 Å². The third-order valence-corrected chi connectivity index (χ3v) is 4.09. The molecule has 0 saturated heterocycles. The molecule has 1 aromatic carbocycles. The Morgan fingerprint density at radius 1 is 1.09 bits per heavy atom. The molecule has 1 aromatic heterocycles. The Hall–Kier alpha value is -2.23. The van der Waals surface area contributed by atoms with Crippen LogP contribution in [-0.2, 0) is 11.2 Å². The van der Waals surface area contributed by atoms with Gasteiger partial charge in [-0.25, -0.2) is 9.97 Å². The number of aryl methyl sites for hydroxylation is 2. The van der Waals surface area contributed by atoms with Crippen LogP contribution in [0.5, 0.6) is 0 Å². The van der Waals surface area contributed by atoms with E-state index in [1.54, 1.807) is 0 Å². The minimum absolute atomic E-state index is 0.169. The molecule has 1 aliphatic heterocycles. The van der Waals surface area contributed by atoms with Crippen LogP contribution in [0.15, 0.2) is 24.3 Å². The van der Waals surface area contributed by atoms with Gasteiger partial charge in [-0.15, -0.1) is 0 Å². The van der Waals surface area contributed by atoms with E-state index in [1.165, 1.54) is 5.56 Å². The van der Waals surface area contributed by atoms with Gasteiger partial charge in [0.1, 0.15) is 5.82 Å². The van der Waals surface area contributed by atoms with E-state index >= 15 is 0 Å². The molecule has 114 valence electrons. The number of hydrogen-bond donors (Lipinski definition) is 0. The molecular formula is C18H21N3O.